The van der Waals surface area contributed by atoms with Gasteiger partial charge in [0.2, 0.25) is 5.91 Å². The highest BCUT2D eigenvalue weighted by Crippen LogP contribution is 2.27. The zero-order chi connectivity index (χ0) is 32.9. The van der Waals surface area contributed by atoms with E-state index in [-0.39, 0.29) is 73.3 Å². The first-order chi connectivity index (χ1) is 22.7. The van der Waals surface area contributed by atoms with Gasteiger partial charge in [0, 0.05) is 29.4 Å². The normalized spacial score (nSPS) is 15.9. The number of hydrogen-bond acceptors (Lipinski definition) is 7. The lowest BCUT2D eigenvalue weighted by molar-refractivity contribution is -0.122. The lowest BCUT2D eigenvalue weighted by atomic mass is 9.95. The maximum atomic E-state index is 14.1. The smallest absolute Gasteiger partial charge is 0.335 e. The second-order valence-corrected chi connectivity index (χ2v) is 12.1. The number of carboxylic acids is 1. The average molecular weight is 711 g/mol. The number of carbonyl (C=O) groups excluding carboxylic acids is 2. The number of carbonyl (C=O) groups is 3. The molecule has 3 aromatic carbocycles. The number of amides is 2. The molecule has 0 radical (unpaired) electrons. The third-order valence-electron chi connectivity index (χ3n) is 8.80. The molecule has 1 aliphatic heterocycles. The van der Waals surface area contributed by atoms with Gasteiger partial charge in [-0.3, -0.25) is 15.0 Å². The van der Waals surface area contributed by atoms with Gasteiger partial charge in [-0.25, -0.2) is 9.78 Å². The summed E-state index contributed by atoms with van der Waals surface area (Å²) in [5.74, 6) is -0.547. The van der Waals surface area contributed by atoms with E-state index in [1.165, 1.54) is 30.7 Å². The summed E-state index contributed by atoms with van der Waals surface area (Å²) in [5.41, 5.74) is 8.43. The van der Waals surface area contributed by atoms with E-state index in [1.807, 2.05) is 12.1 Å². The first kappa shape index (κ1) is 37.2. The highest BCUT2D eigenvalue weighted by atomic mass is 35.5. The van der Waals surface area contributed by atoms with E-state index in [2.05, 4.69) is 10.6 Å². The lowest BCUT2D eigenvalue weighted by Crippen LogP contribution is -2.38. The first-order valence-corrected chi connectivity index (χ1v) is 16.0. The van der Waals surface area contributed by atoms with Gasteiger partial charge >= 0.3 is 5.97 Å². The van der Waals surface area contributed by atoms with Crippen molar-refractivity contribution in [1.82, 2.24) is 20.2 Å². The minimum atomic E-state index is -1.08. The third kappa shape index (κ3) is 8.88. The molecular formula is C35H41Cl2N7O5. The molecule has 260 valence electrons. The van der Waals surface area contributed by atoms with Gasteiger partial charge in [0.1, 0.15) is 30.1 Å². The fourth-order valence-electron chi connectivity index (χ4n) is 6.27. The van der Waals surface area contributed by atoms with Crippen LogP contribution < -0.4 is 26.0 Å². The van der Waals surface area contributed by atoms with Crippen LogP contribution in [0.25, 0.3) is 11.0 Å². The van der Waals surface area contributed by atoms with Gasteiger partial charge in [-0.1, -0.05) is 19.3 Å². The molecule has 1 unspecified atom stereocenters. The molecule has 2 fully saturated rings. The third-order valence-corrected chi connectivity index (χ3v) is 8.80. The van der Waals surface area contributed by atoms with Crippen LogP contribution in [0.5, 0.6) is 5.75 Å². The van der Waals surface area contributed by atoms with Crippen molar-refractivity contribution in [2.24, 2.45) is 5.73 Å². The van der Waals surface area contributed by atoms with Crippen molar-refractivity contribution in [3.63, 3.8) is 0 Å². The van der Waals surface area contributed by atoms with Crippen molar-refractivity contribution >= 4 is 65.2 Å². The Bertz CT molecular complexity index is 1780. The summed E-state index contributed by atoms with van der Waals surface area (Å²) in [6.45, 7) is 1.68. The van der Waals surface area contributed by atoms with Gasteiger partial charge in [0.05, 0.1) is 23.1 Å². The number of rotatable bonds is 11. The number of aromatic carboxylic acids is 1. The minimum Gasteiger partial charge on any atom is -0.489 e. The predicted molar refractivity (Wildman–Crippen MR) is 193 cm³/mol. The van der Waals surface area contributed by atoms with Crippen molar-refractivity contribution in [3.8, 4) is 5.75 Å². The Labute approximate surface area is 296 Å². The fourth-order valence-corrected chi connectivity index (χ4v) is 6.27. The molecule has 4 aromatic rings. The van der Waals surface area contributed by atoms with E-state index in [4.69, 9.17) is 20.9 Å². The van der Waals surface area contributed by atoms with E-state index in [1.54, 1.807) is 39.8 Å². The Kier molecular flexibility index (Phi) is 12.6. The van der Waals surface area contributed by atoms with Crippen molar-refractivity contribution in [2.75, 3.05) is 18.0 Å². The number of carboxylic acid groups (broad SMARTS) is 1. The molecule has 1 saturated carbocycles. The molecule has 1 aromatic heterocycles. The van der Waals surface area contributed by atoms with Crippen LogP contribution in [-0.4, -0.2) is 63.5 Å². The summed E-state index contributed by atoms with van der Waals surface area (Å²) in [4.78, 5) is 45.4. The predicted octanol–water partition coefficient (Wildman–Crippen LogP) is 4.90. The van der Waals surface area contributed by atoms with Crippen molar-refractivity contribution in [1.29, 1.82) is 5.41 Å². The molecule has 49 heavy (non-hydrogen) atoms. The highest BCUT2D eigenvalue weighted by Gasteiger charge is 2.25. The molecule has 2 amide bonds. The van der Waals surface area contributed by atoms with Gasteiger partial charge < -0.3 is 35.7 Å². The zero-order valence-electron chi connectivity index (χ0n) is 26.9. The highest BCUT2D eigenvalue weighted by molar-refractivity contribution is 6.06. The Balaban J connectivity index is 0.00000270. The molecular weight excluding hydrogens is 669 g/mol. The number of fused-ring (bicyclic) bond motifs is 1. The molecule has 2 heterocycles. The summed E-state index contributed by atoms with van der Waals surface area (Å²) < 4.78 is 7.90. The molecule has 6 N–H and O–H groups in total. The van der Waals surface area contributed by atoms with Gasteiger partial charge in [-0.2, -0.15) is 0 Å². The van der Waals surface area contributed by atoms with E-state index in [9.17, 15) is 19.5 Å². The molecule has 1 saturated heterocycles. The van der Waals surface area contributed by atoms with Crippen LogP contribution in [0.4, 0.5) is 5.69 Å². The summed E-state index contributed by atoms with van der Waals surface area (Å²) in [7, 11) is 0. The molecule has 2 aliphatic rings. The molecule has 0 bridgehead atoms. The van der Waals surface area contributed by atoms with Crippen LogP contribution in [0.3, 0.4) is 0 Å². The Morgan fingerprint density at radius 2 is 1.63 bits per heavy atom. The summed E-state index contributed by atoms with van der Waals surface area (Å²) in [5, 5.41) is 23.7. The Hall–Kier alpha value is -4.65. The van der Waals surface area contributed by atoms with E-state index >= 15 is 0 Å². The van der Waals surface area contributed by atoms with Crippen LogP contribution in [0.15, 0.2) is 66.7 Å². The SMILES string of the molecule is Cl.Cl.N=C(N)c1ccc2c(c1)nc(CN(C(=O)c1ccc(C(=O)O)cc1)c1ccc(OC3CCNC3)cc1)n2CC(=O)NC1CCCCC1. The number of benzene rings is 3. The quantitative estimate of drug-likeness (QED) is 0.108. The summed E-state index contributed by atoms with van der Waals surface area (Å²) in [6.07, 6.45) is 6.24. The van der Waals surface area contributed by atoms with E-state index < -0.39 is 5.97 Å². The number of nitrogens with one attached hydrogen (secondary N) is 3. The number of imidazole rings is 1. The minimum absolute atomic E-state index is 0. The van der Waals surface area contributed by atoms with Gasteiger partial charge in [0.15, 0.2) is 0 Å². The number of amidine groups is 1. The van der Waals surface area contributed by atoms with Crippen molar-refractivity contribution < 1.29 is 24.2 Å². The molecule has 1 aliphatic carbocycles. The van der Waals surface area contributed by atoms with E-state index in [0.29, 0.717) is 39.4 Å². The van der Waals surface area contributed by atoms with Gasteiger partial charge in [-0.15, -0.1) is 24.8 Å². The second-order valence-electron chi connectivity index (χ2n) is 12.1. The number of ether oxygens (including phenoxy) is 1. The largest absolute Gasteiger partial charge is 0.489 e. The number of nitrogens with two attached hydrogens (primary N) is 1. The number of nitrogens with zero attached hydrogens (tertiary/aromatic N) is 3. The first-order valence-electron chi connectivity index (χ1n) is 16.0. The maximum Gasteiger partial charge on any atom is 0.335 e. The summed E-state index contributed by atoms with van der Waals surface area (Å²) in [6, 6.07) is 18.4. The van der Waals surface area contributed by atoms with Crippen LogP contribution in [0.2, 0.25) is 0 Å². The number of anilines is 1. The van der Waals surface area contributed by atoms with Crippen LogP contribution in [0.1, 0.15) is 70.6 Å². The van der Waals surface area contributed by atoms with Crippen molar-refractivity contribution in [3.05, 3.63) is 89.2 Å². The molecule has 1 atom stereocenters. The number of aromatic nitrogens is 2. The van der Waals surface area contributed by atoms with E-state index in [0.717, 1.165) is 45.2 Å². The van der Waals surface area contributed by atoms with Gasteiger partial charge in [-0.05, 0) is 92.5 Å². The molecule has 6 rings (SSSR count). The lowest BCUT2D eigenvalue weighted by Gasteiger charge is -2.25. The second kappa shape index (κ2) is 16.6. The number of nitrogen functional groups attached to an aromatic ring is 1. The fraction of sp³-hybridized carbons (Fsp3) is 0.343. The zero-order valence-corrected chi connectivity index (χ0v) is 28.5. The molecule has 14 heteroatoms. The average Bonchev–Trinajstić information content (AvgIpc) is 3.71. The Morgan fingerprint density at radius 1 is 0.959 bits per heavy atom. The monoisotopic (exact) mass is 709 g/mol. The maximum absolute atomic E-state index is 14.1. The van der Waals surface area contributed by atoms with Crippen molar-refractivity contribution in [2.45, 2.75) is 63.8 Å². The molecule has 0 spiro atoms. The molecule has 12 nitrogen and oxygen atoms in total. The van der Waals surface area contributed by atoms with Crippen LogP contribution in [0, 0.1) is 5.41 Å². The standard InChI is InChI=1S/C35H39N7O5.2ClH/c36-33(37)24-10-15-30-29(18-24)40-31(42(30)21-32(43)39-25-4-2-1-3-5-25)20-41(34(44)22-6-8-23(9-7-22)35(45)46)26-11-13-27(14-12-26)47-28-16-17-38-19-28;;/h6-15,18,25,28,38H,1-5,16-17,19-21H2,(H3,36,37)(H,39,43)(H,45,46);2*1H. The van der Waals surface area contributed by atoms with Gasteiger partial charge in [0.25, 0.3) is 5.91 Å². The summed E-state index contributed by atoms with van der Waals surface area (Å²) >= 11 is 0. The van der Waals surface area contributed by atoms with Crippen LogP contribution >= 0.6 is 24.8 Å². The Morgan fingerprint density at radius 3 is 2.27 bits per heavy atom. The van der Waals surface area contributed by atoms with Crippen LogP contribution in [-0.2, 0) is 17.9 Å². The number of hydrogen-bond donors (Lipinski definition) is 5. The topological polar surface area (TPSA) is 176 Å². The number of halogens is 2.